The van der Waals surface area contributed by atoms with E-state index < -0.39 is 0 Å². The molecule has 1 aliphatic heterocycles. The van der Waals surface area contributed by atoms with Crippen LogP contribution in [0, 0.1) is 11.3 Å². The van der Waals surface area contributed by atoms with Gasteiger partial charge in [-0.1, -0.05) is 27.2 Å². The Labute approximate surface area is 126 Å². The molecule has 2 rings (SSSR count). The fraction of sp³-hybridized carbons (Fsp3) is 1.00. The Bertz CT molecular complexity index is 301. The van der Waals surface area contributed by atoms with Gasteiger partial charge in [0.1, 0.15) is 0 Å². The second kappa shape index (κ2) is 6.76. The van der Waals surface area contributed by atoms with Crippen LogP contribution in [0.2, 0.25) is 0 Å². The van der Waals surface area contributed by atoms with Gasteiger partial charge >= 0.3 is 0 Å². The van der Waals surface area contributed by atoms with E-state index in [1.165, 1.54) is 51.9 Å². The number of likely N-dealkylation sites (N-methyl/N-ethyl adjacent to an activating group) is 1. The smallest absolute Gasteiger partial charge is 0.0254 e. The molecule has 0 spiro atoms. The molecule has 2 aliphatic rings. The van der Waals surface area contributed by atoms with Crippen LogP contribution in [-0.2, 0) is 0 Å². The summed E-state index contributed by atoms with van der Waals surface area (Å²) in [4.78, 5) is 5.11. The average molecular weight is 281 g/mol. The lowest BCUT2D eigenvalue weighted by Gasteiger charge is -2.34. The summed E-state index contributed by atoms with van der Waals surface area (Å²) in [5.74, 6) is 0.798. The first kappa shape index (κ1) is 16.3. The zero-order valence-electron chi connectivity index (χ0n) is 14.3. The van der Waals surface area contributed by atoms with Gasteiger partial charge in [-0.3, -0.25) is 0 Å². The third-order valence-electron chi connectivity index (χ3n) is 5.17. The fourth-order valence-electron chi connectivity index (χ4n) is 3.89. The van der Waals surface area contributed by atoms with Gasteiger partial charge in [-0.25, -0.2) is 0 Å². The number of likely N-dealkylation sites (tertiary alicyclic amines) is 1. The minimum Gasteiger partial charge on any atom is -0.313 e. The average Bonchev–Trinajstić information content (AvgIpc) is 3.11. The Kier molecular flexibility index (Phi) is 5.49. The van der Waals surface area contributed by atoms with Crippen LogP contribution in [-0.4, -0.2) is 62.2 Å². The Morgan fingerprint density at radius 1 is 1.25 bits per heavy atom. The normalized spacial score (nSPS) is 30.9. The Morgan fingerprint density at radius 3 is 2.45 bits per heavy atom. The molecule has 3 unspecified atom stereocenters. The van der Waals surface area contributed by atoms with Crippen LogP contribution in [0.5, 0.6) is 0 Å². The number of hydrogen-bond donors (Lipinski definition) is 1. The van der Waals surface area contributed by atoms with E-state index in [2.05, 4.69) is 50.0 Å². The Hall–Kier alpha value is -0.120. The van der Waals surface area contributed by atoms with Crippen LogP contribution < -0.4 is 5.32 Å². The molecule has 20 heavy (non-hydrogen) atoms. The van der Waals surface area contributed by atoms with Crippen LogP contribution in [0.25, 0.3) is 0 Å². The maximum Gasteiger partial charge on any atom is 0.0254 e. The molecule has 0 amide bonds. The van der Waals surface area contributed by atoms with Gasteiger partial charge in [-0.2, -0.15) is 0 Å². The summed E-state index contributed by atoms with van der Waals surface area (Å²) in [6.07, 6.45) is 5.42. The van der Waals surface area contributed by atoms with E-state index in [1.807, 2.05) is 0 Å². The highest BCUT2D eigenvalue weighted by atomic mass is 15.2. The molecule has 2 fully saturated rings. The van der Waals surface area contributed by atoms with Gasteiger partial charge < -0.3 is 15.1 Å². The van der Waals surface area contributed by atoms with Crippen molar-refractivity contribution < 1.29 is 0 Å². The van der Waals surface area contributed by atoms with Crippen molar-refractivity contribution in [3.63, 3.8) is 0 Å². The summed E-state index contributed by atoms with van der Waals surface area (Å²) < 4.78 is 0. The summed E-state index contributed by atoms with van der Waals surface area (Å²) in [5, 5.41) is 3.76. The molecule has 1 aliphatic carbocycles. The standard InChI is InChI=1S/C17H35N3/c1-6-9-17(3,12-18-15-7-8-15)13-20-10-14(2)16(11-20)19(4)5/h14-16,18H,6-13H2,1-5H3. The number of hydrogen-bond acceptors (Lipinski definition) is 3. The topological polar surface area (TPSA) is 18.5 Å². The van der Waals surface area contributed by atoms with E-state index in [0.717, 1.165) is 18.0 Å². The van der Waals surface area contributed by atoms with Gasteiger partial charge in [-0.05, 0) is 44.7 Å². The summed E-state index contributed by atoms with van der Waals surface area (Å²) in [7, 11) is 4.45. The van der Waals surface area contributed by atoms with E-state index in [4.69, 9.17) is 0 Å². The molecule has 0 aromatic carbocycles. The SMILES string of the molecule is CCCC(C)(CNC1CC1)CN1CC(C)C(N(C)C)C1. The molecular formula is C17H35N3. The first-order chi connectivity index (χ1) is 9.43. The minimum atomic E-state index is 0.443. The molecule has 118 valence electrons. The predicted molar refractivity (Wildman–Crippen MR) is 87.1 cm³/mol. The lowest BCUT2D eigenvalue weighted by molar-refractivity contribution is 0.162. The van der Waals surface area contributed by atoms with Gasteiger partial charge in [0.05, 0.1) is 0 Å². The molecule has 1 heterocycles. The van der Waals surface area contributed by atoms with Crippen LogP contribution >= 0.6 is 0 Å². The third kappa shape index (κ3) is 4.44. The molecule has 3 atom stereocenters. The lowest BCUT2D eigenvalue weighted by Crippen LogP contribution is -2.43. The highest BCUT2D eigenvalue weighted by molar-refractivity contribution is 4.92. The van der Waals surface area contributed by atoms with Crippen molar-refractivity contribution in [2.24, 2.45) is 11.3 Å². The zero-order chi connectivity index (χ0) is 14.8. The van der Waals surface area contributed by atoms with Crippen molar-refractivity contribution in [2.45, 2.75) is 58.5 Å². The summed E-state index contributed by atoms with van der Waals surface area (Å²) in [6.45, 7) is 12.2. The molecule has 0 radical (unpaired) electrons. The van der Waals surface area contributed by atoms with E-state index in [1.54, 1.807) is 0 Å². The first-order valence-electron chi connectivity index (χ1n) is 8.55. The molecule has 3 heteroatoms. The quantitative estimate of drug-likeness (QED) is 0.737. The number of nitrogens with zero attached hydrogens (tertiary/aromatic N) is 2. The number of nitrogens with one attached hydrogen (secondary N) is 1. The van der Waals surface area contributed by atoms with Gasteiger partial charge in [0.2, 0.25) is 0 Å². The second-order valence-corrected chi connectivity index (χ2v) is 7.92. The van der Waals surface area contributed by atoms with Crippen molar-refractivity contribution in [1.29, 1.82) is 0 Å². The maximum atomic E-state index is 3.76. The molecule has 0 bridgehead atoms. The molecule has 0 aromatic rings. The summed E-state index contributed by atoms with van der Waals surface area (Å²) in [5.41, 5.74) is 0.443. The van der Waals surface area contributed by atoms with Crippen molar-refractivity contribution in [2.75, 3.05) is 40.3 Å². The van der Waals surface area contributed by atoms with Gasteiger partial charge in [0.15, 0.2) is 0 Å². The summed E-state index contributed by atoms with van der Waals surface area (Å²) in [6, 6.07) is 1.57. The molecule has 1 saturated heterocycles. The Balaban J connectivity index is 1.86. The minimum absolute atomic E-state index is 0.443. The Morgan fingerprint density at radius 2 is 1.95 bits per heavy atom. The van der Waals surface area contributed by atoms with Gasteiger partial charge in [0, 0.05) is 38.3 Å². The molecule has 1 N–H and O–H groups in total. The van der Waals surface area contributed by atoms with E-state index >= 15 is 0 Å². The lowest BCUT2D eigenvalue weighted by atomic mass is 9.84. The molecule has 0 aromatic heterocycles. The van der Waals surface area contributed by atoms with Crippen molar-refractivity contribution >= 4 is 0 Å². The zero-order valence-corrected chi connectivity index (χ0v) is 14.3. The highest BCUT2D eigenvalue weighted by Gasteiger charge is 2.35. The highest BCUT2D eigenvalue weighted by Crippen LogP contribution is 2.30. The van der Waals surface area contributed by atoms with E-state index in [-0.39, 0.29) is 0 Å². The first-order valence-corrected chi connectivity index (χ1v) is 8.55. The molecular weight excluding hydrogens is 246 g/mol. The van der Waals surface area contributed by atoms with E-state index in [0.29, 0.717) is 5.41 Å². The third-order valence-corrected chi connectivity index (χ3v) is 5.17. The van der Waals surface area contributed by atoms with E-state index in [9.17, 15) is 0 Å². The monoisotopic (exact) mass is 281 g/mol. The van der Waals surface area contributed by atoms with Gasteiger partial charge in [0.25, 0.3) is 0 Å². The van der Waals surface area contributed by atoms with Crippen molar-refractivity contribution in [1.82, 2.24) is 15.1 Å². The predicted octanol–water partition coefficient (Wildman–Crippen LogP) is 2.43. The van der Waals surface area contributed by atoms with Crippen LogP contribution in [0.4, 0.5) is 0 Å². The molecule has 1 saturated carbocycles. The second-order valence-electron chi connectivity index (χ2n) is 7.92. The van der Waals surface area contributed by atoms with Crippen molar-refractivity contribution in [3.8, 4) is 0 Å². The largest absolute Gasteiger partial charge is 0.313 e. The van der Waals surface area contributed by atoms with Crippen molar-refractivity contribution in [3.05, 3.63) is 0 Å². The maximum absolute atomic E-state index is 3.76. The van der Waals surface area contributed by atoms with Gasteiger partial charge in [-0.15, -0.1) is 0 Å². The fourth-order valence-corrected chi connectivity index (χ4v) is 3.89. The molecule has 3 nitrogen and oxygen atoms in total. The van der Waals surface area contributed by atoms with Crippen LogP contribution in [0.1, 0.15) is 46.5 Å². The van der Waals surface area contributed by atoms with Crippen LogP contribution in [0.3, 0.4) is 0 Å². The number of rotatable bonds is 8. The van der Waals surface area contributed by atoms with Crippen LogP contribution in [0.15, 0.2) is 0 Å². The summed E-state index contributed by atoms with van der Waals surface area (Å²) >= 11 is 0.